The third-order valence-electron chi connectivity index (χ3n) is 4.73. The molecule has 0 bridgehead atoms. The Balaban J connectivity index is 0.00000187. The molecule has 4 amide bonds. The molecule has 2 aromatic rings. The number of benzene rings is 1. The molecule has 0 unspecified atom stereocenters. The topological polar surface area (TPSA) is 163 Å². The zero-order valence-corrected chi connectivity index (χ0v) is 19.0. The fraction of sp³-hybridized carbons (Fsp3) is 0.364. The van der Waals surface area contributed by atoms with E-state index in [0.717, 1.165) is 0 Å². The van der Waals surface area contributed by atoms with Crippen molar-refractivity contribution in [3.8, 4) is 17.3 Å². The number of carbonyl (C=O) groups is 4. The van der Waals surface area contributed by atoms with E-state index in [1.165, 1.54) is 9.58 Å². The number of aromatic nitrogens is 2. The Morgan fingerprint density at radius 3 is 2.52 bits per heavy atom. The van der Waals surface area contributed by atoms with Gasteiger partial charge in [-0.25, -0.2) is 0 Å². The van der Waals surface area contributed by atoms with E-state index in [4.69, 9.17) is 5.73 Å². The second-order valence-electron chi connectivity index (χ2n) is 7.25. The van der Waals surface area contributed by atoms with Gasteiger partial charge in [-0.3, -0.25) is 23.9 Å². The first-order chi connectivity index (χ1) is 15.7. The van der Waals surface area contributed by atoms with Crippen LogP contribution in [0.5, 0.6) is 0 Å². The van der Waals surface area contributed by atoms with Gasteiger partial charge >= 0.3 is 11.8 Å². The Morgan fingerprint density at radius 1 is 1.21 bits per heavy atom. The van der Waals surface area contributed by atoms with Crippen LogP contribution in [-0.2, 0) is 20.9 Å². The third kappa shape index (κ3) is 5.74. The summed E-state index contributed by atoms with van der Waals surface area (Å²) in [5.41, 5.74) is 7.01. The number of carbonyl (C=O) groups excluding carboxylic acids is 4. The van der Waals surface area contributed by atoms with Gasteiger partial charge in [-0.2, -0.15) is 10.4 Å². The van der Waals surface area contributed by atoms with Crippen molar-refractivity contribution in [3.63, 3.8) is 0 Å². The molecule has 1 aromatic heterocycles. The van der Waals surface area contributed by atoms with E-state index in [1.807, 2.05) is 19.9 Å². The van der Waals surface area contributed by atoms with E-state index < -0.39 is 11.8 Å². The van der Waals surface area contributed by atoms with Gasteiger partial charge in [-0.1, -0.05) is 27.7 Å². The molecule has 0 saturated heterocycles. The highest BCUT2D eigenvalue weighted by Crippen LogP contribution is 2.30. The lowest BCUT2D eigenvalue weighted by molar-refractivity contribution is -0.137. The van der Waals surface area contributed by atoms with Gasteiger partial charge in [0.1, 0.15) is 5.69 Å². The van der Waals surface area contributed by atoms with E-state index in [9.17, 15) is 24.4 Å². The van der Waals surface area contributed by atoms with E-state index in [2.05, 4.69) is 15.7 Å². The largest absolute Gasteiger partial charge is 0.361 e. The Labute approximate surface area is 191 Å². The van der Waals surface area contributed by atoms with Crippen LogP contribution in [0.4, 0.5) is 5.69 Å². The van der Waals surface area contributed by atoms with Crippen LogP contribution in [0, 0.1) is 17.2 Å². The molecule has 33 heavy (non-hydrogen) atoms. The van der Waals surface area contributed by atoms with Crippen molar-refractivity contribution in [2.45, 2.75) is 34.2 Å². The lowest BCUT2D eigenvalue weighted by Gasteiger charge is -2.27. The van der Waals surface area contributed by atoms with Crippen molar-refractivity contribution in [1.29, 1.82) is 5.26 Å². The Bertz CT molecular complexity index is 1110. The highest BCUT2D eigenvalue weighted by molar-refractivity contribution is 6.34. The molecule has 1 aliphatic heterocycles. The molecule has 11 nitrogen and oxygen atoms in total. The number of hydrogen-bond acceptors (Lipinski definition) is 6. The fourth-order valence-corrected chi connectivity index (χ4v) is 2.99. The predicted octanol–water partition coefficient (Wildman–Crippen LogP) is 1.06. The summed E-state index contributed by atoms with van der Waals surface area (Å²) in [4.78, 5) is 48.6. The predicted molar refractivity (Wildman–Crippen MR) is 120 cm³/mol. The number of rotatable bonds is 5. The van der Waals surface area contributed by atoms with Crippen LogP contribution in [0.15, 0.2) is 24.3 Å². The number of fused-ring (bicyclic) bond motifs is 1. The average Bonchev–Trinajstić information content (AvgIpc) is 3.24. The number of amides is 4. The van der Waals surface area contributed by atoms with E-state index >= 15 is 0 Å². The summed E-state index contributed by atoms with van der Waals surface area (Å²) in [6.07, 6.45) is 0. The van der Waals surface area contributed by atoms with Crippen LogP contribution >= 0.6 is 0 Å². The van der Waals surface area contributed by atoms with Crippen molar-refractivity contribution in [2.75, 3.05) is 18.5 Å². The minimum Gasteiger partial charge on any atom is -0.361 e. The molecule has 3 rings (SSSR count). The zero-order chi connectivity index (χ0) is 24.7. The highest BCUT2D eigenvalue weighted by Gasteiger charge is 2.28. The van der Waals surface area contributed by atoms with Gasteiger partial charge in [0.15, 0.2) is 0 Å². The second kappa shape index (κ2) is 10.9. The SMILES string of the molecule is CC.CC(C)C(=O)Nc1cc(C#N)ccc1-c1cc2n(n1)CCN(CNC(=O)C(N)=O)C2=O. The Hall–Kier alpha value is -4.20. The van der Waals surface area contributed by atoms with Crippen LogP contribution in [0.3, 0.4) is 0 Å². The fourth-order valence-electron chi connectivity index (χ4n) is 2.99. The smallest absolute Gasteiger partial charge is 0.310 e. The number of hydrogen-bond donors (Lipinski definition) is 3. The first kappa shape index (κ1) is 25.1. The Kier molecular flexibility index (Phi) is 8.28. The summed E-state index contributed by atoms with van der Waals surface area (Å²) in [6, 6.07) is 8.44. The number of nitrogens with one attached hydrogen (secondary N) is 2. The van der Waals surface area contributed by atoms with Gasteiger partial charge in [0.05, 0.1) is 36.2 Å². The molecule has 174 valence electrons. The highest BCUT2D eigenvalue weighted by atomic mass is 16.2. The minimum absolute atomic E-state index is 0.159. The lowest BCUT2D eigenvalue weighted by Crippen LogP contribution is -2.48. The average molecular weight is 454 g/mol. The van der Waals surface area contributed by atoms with E-state index in [-0.39, 0.29) is 30.9 Å². The Morgan fingerprint density at radius 2 is 1.91 bits per heavy atom. The van der Waals surface area contributed by atoms with E-state index in [1.54, 1.807) is 38.1 Å². The molecular weight excluding hydrogens is 426 g/mol. The summed E-state index contributed by atoms with van der Waals surface area (Å²) in [5, 5.41) is 18.8. The maximum absolute atomic E-state index is 12.8. The standard InChI is InChI=1S/C20H21N7O4.C2H6/c1-11(2)18(29)24-14-7-12(9-21)3-4-13(14)15-8-16-20(31)26(5-6-27(16)25-15)10-23-19(30)17(22)28;1-2/h3-4,7-8,11H,5-6,10H2,1-2H3,(H2,22,28)(H,23,30)(H,24,29);1-2H3. The van der Waals surface area contributed by atoms with Gasteiger partial charge in [0.25, 0.3) is 5.91 Å². The summed E-state index contributed by atoms with van der Waals surface area (Å²) in [7, 11) is 0. The molecule has 0 atom stereocenters. The minimum atomic E-state index is -1.13. The van der Waals surface area contributed by atoms with E-state index in [0.29, 0.717) is 34.7 Å². The molecule has 11 heteroatoms. The molecule has 0 radical (unpaired) electrons. The number of anilines is 1. The van der Waals surface area contributed by atoms with Crippen LogP contribution in [0.25, 0.3) is 11.3 Å². The first-order valence-corrected chi connectivity index (χ1v) is 10.5. The first-order valence-electron chi connectivity index (χ1n) is 10.5. The van der Waals surface area contributed by atoms with Gasteiger partial charge < -0.3 is 21.3 Å². The molecule has 2 heterocycles. The van der Waals surface area contributed by atoms with Gasteiger partial charge in [0.2, 0.25) is 5.91 Å². The van der Waals surface area contributed by atoms with Crippen LogP contribution in [0.1, 0.15) is 43.7 Å². The quantitative estimate of drug-likeness (QED) is 0.573. The molecule has 0 aliphatic carbocycles. The molecule has 4 N–H and O–H groups in total. The monoisotopic (exact) mass is 453 g/mol. The molecule has 1 aliphatic rings. The molecule has 0 saturated carbocycles. The van der Waals surface area contributed by atoms with Crippen molar-refractivity contribution in [1.82, 2.24) is 20.0 Å². The number of nitriles is 1. The van der Waals surface area contributed by atoms with Gasteiger partial charge in [0, 0.05) is 18.0 Å². The molecular formula is C22H27N7O4. The third-order valence-corrected chi connectivity index (χ3v) is 4.73. The molecule has 0 fully saturated rings. The van der Waals surface area contributed by atoms with Gasteiger partial charge in [-0.15, -0.1) is 0 Å². The summed E-state index contributed by atoms with van der Waals surface area (Å²) >= 11 is 0. The summed E-state index contributed by atoms with van der Waals surface area (Å²) < 4.78 is 1.54. The molecule has 1 aromatic carbocycles. The number of nitrogens with two attached hydrogens (primary N) is 1. The van der Waals surface area contributed by atoms with Crippen LogP contribution in [0.2, 0.25) is 0 Å². The van der Waals surface area contributed by atoms with Crippen molar-refractivity contribution >= 4 is 29.3 Å². The summed E-state index contributed by atoms with van der Waals surface area (Å²) in [5.74, 6) is -2.97. The van der Waals surface area contributed by atoms with Crippen molar-refractivity contribution < 1.29 is 19.2 Å². The number of nitrogens with zero attached hydrogens (tertiary/aromatic N) is 4. The lowest BCUT2D eigenvalue weighted by atomic mass is 10.1. The maximum Gasteiger partial charge on any atom is 0.310 e. The second-order valence-corrected chi connectivity index (χ2v) is 7.25. The molecule has 0 spiro atoms. The van der Waals surface area contributed by atoms with Crippen molar-refractivity contribution in [2.24, 2.45) is 11.7 Å². The summed E-state index contributed by atoms with van der Waals surface area (Å²) in [6.45, 7) is 7.99. The van der Waals surface area contributed by atoms with Crippen LogP contribution in [-0.4, -0.2) is 51.5 Å². The van der Waals surface area contributed by atoms with Gasteiger partial charge in [-0.05, 0) is 24.3 Å². The normalized spacial score (nSPS) is 12.2. The number of primary amides is 1. The maximum atomic E-state index is 12.8. The van der Waals surface area contributed by atoms with Crippen molar-refractivity contribution in [3.05, 3.63) is 35.5 Å². The van der Waals surface area contributed by atoms with Crippen LogP contribution < -0.4 is 16.4 Å². The zero-order valence-electron chi connectivity index (χ0n) is 19.0.